The van der Waals surface area contributed by atoms with Crippen molar-refractivity contribution >= 4 is 21.6 Å². The second kappa shape index (κ2) is 7.68. The van der Waals surface area contributed by atoms with Crippen molar-refractivity contribution in [2.24, 2.45) is 5.14 Å². The van der Waals surface area contributed by atoms with Crippen LogP contribution in [0.3, 0.4) is 0 Å². The Hall–Kier alpha value is -3.18. The number of nitrogens with zero attached hydrogens (tertiary/aromatic N) is 2. The van der Waals surface area contributed by atoms with Crippen molar-refractivity contribution in [3.05, 3.63) is 77.6 Å². The number of nitrogens with two attached hydrogens (primary N) is 1. The van der Waals surface area contributed by atoms with E-state index in [1.165, 1.54) is 36.5 Å². The minimum absolute atomic E-state index is 0.258. The number of rotatable bonds is 5. The Kier molecular flexibility index (Phi) is 5.44. The van der Waals surface area contributed by atoms with E-state index in [2.05, 4.69) is 10.4 Å². The van der Waals surface area contributed by atoms with Gasteiger partial charge in [-0.15, -0.1) is 0 Å². The van der Waals surface area contributed by atoms with Gasteiger partial charge in [0.2, 0.25) is 10.0 Å². The molecule has 2 aromatic carbocycles. The number of anilines is 1. The molecule has 0 radical (unpaired) electrons. The number of sulfonamides is 1. The summed E-state index contributed by atoms with van der Waals surface area (Å²) in [6.07, 6.45) is -3.36. The molecule has 0 aliphatic heterocycles. The van der Waals surface area contributed by atoms with Crippen molar-refractivity contribution in [2.75, 3.05) is 5.32 Å². The van der Waals surface area contributed by atoms with Gasteiger partial charge in [-0.1, -0.05) is 12.1 Å². The number of hydrogen-bond donors (Lipinski definition) is 2. The zero-order valence-electron chi connectivity index (χ0n) is 14.7. The number of carbonyl (C=O) groups excluding carboxylic acids is 1. The summed E-state index contributed by atoms with van der Waals surface area (Å²) >= 11 is 0. The molecule has 0 unspecified atom stereocenters. The van der Waals surface area contributed by atoms with Gasteiger partial charge >= 0.3 is 6.18 Å². The van der Waals surface area contributed by atoms with Gasteiger partial charge in [0, 0.05) is 17.4 Å². The standard InChI is InChI=1S/C18H15F3N4O3S/c19-18(20,21)16-8-9-25(24-16)15-6-4-13(5-7-15)17(26)23-14-3-1-2-12(10-14)11-29(22,27)28/h1-10H,11H2,(H,23,26)(H2,22,27,28). The van der Waals surface area contributed by atoms with Crippen LogP contribution in [0.15, 0.2) is 60.8 Å². The molecule has 152 valence electrons. The number of halogens is 3. The maximum Gasteiger partial charge on any atom is 0.435 e. The number of nitrogens with one attached hydrogen (secondary N) is 1. The first-order valence-electron chi connectivity index (χ1n) is 8.15. The van der Waals surface area contributed by atoms with Crippen molar-refractivity contribution < 1.29 is 26.4 Å². The van der Waals surface area contributed by atoms with Gasteiger partial charge in [0.05, 0.1) is 11.4 Å². The highest BCUT2D eigenvalue weighted by atomic mass is 32.2. The maximum absolute atomic E-state index is 12.6. The molecule has 0 atom stereocenters. The molecule has 1 amide bonds. The quantitative estimate of drug-likeness (QED) is 0.657. The van der Waals surface area contributed by atoms with E-state index in [0.717, 1.165) is 10.7 Å². The Morgan fingerprint density at radius 3 is 2.38 bits per heavy atom. The second-order valence-electron chi connectivity index (χ2n) is 6.15. The molecule has 0 saturated heterocycles. The Balaban J connectivity index is 1.73. The van der Waals surface area contributed by atoms with Crippen molar-refractivity contribution in [1.82, 2.24) is 9.78 Å². The summed E-state index contributed by atoms with van der Waals surface area (Å²) in [7, 11) is -3.70. The van der Waals surface area contributed by atoms with Crippen LogP contribution >= 0.6 is 0 Å². The van der Waals surface area contributed by atoms with Gasteiger partial charge in [0.25, 0.3) is 5.91 Å². The van der Waals surface area contributed by atoms with Crippen LogP contribution in [0.25, 0.3) is 5.69 Å². The van der Waals surface area contributed by atoms with E-state index in [1.807, 2.05) is 0 Å². The summed E-state index contributed by atoms with van der Waals surface area (Å²) in [4.78, 5) is 12.4. The van der Waals surface area contributed by atoms with Crippen LogP contribution in [0, 0.1) is 0 Å². The number of alkyl halides is 3. The second-order valence-corrected chi connectivity index (χ2v) is 7.77. The molecule has 0 bridgehead atoms. The van der Waals surface area contributed by atoms with E-state index in [4.69, 9.17) is 5.14 Å². The molecule has 3 N–H and O–H groups in total. The third kappa shape index (κ3) is 5.42. The first kappa shape index (κ1) is 20.6. The number of primary sulfonamides is 1. The number of hydrogen-bond acceptors (Lipinski definition) is 4. The topological polar surface area (TPSA) is 107 Å². The van der Waals surface area contributed by atoms with E-state index in [0.29, 0.717) is 16.9 Å². The van der Waals surface area contributed by atoms with Crippen LogP contribution in [-0.2, 0) is 22.0 Å². The molecule has 1 aromatic heterocycles. The Morgan fingerprint density at radius 2 is 1.79 bits per heavy atom. The molecule has 0 aliphatic rings. The molecule has 0 saturated carbocycles. The third-order valence-electron chi connectivity index (χ3n) is 3.83. The molecule has 3 aromatic rings. The Bertz CT molecular complexity index is 1140. The lowest BCUT2D eigenvalue weighted by atomic mass is 10.1. The van der Waals surface area contributed by atoms with Crippen molar-refractivity contribution in [2.45, 2.75) is 11.9 Å². The summed E-state index contributed by atoms with van der Waals surface area (Å²) < 4.78 is 61.4. The van der Waals surface area contributed by atoms with Crippen LogP contribution < -0.4 is 10.5 Å². The number of aromatic nitrogens is 2. The van der Waals surface area contributed by atoms with Crippen LogP contribution in [0.2, 0.25) is 0 Å². The smallest absolute Gasteiger partial charge is 0.322 e. The first-order valence-corrected chi connectivity index (χ1v) is 9.87. The van der Waals surface area contributed by atoms with Gasteiger partial charge in [-0.3, -0.25) is 4.79 Å². The summed E-state index contributed by atoms with van der Waals surface area (Å²) in [6.45, 7) is 0. The highest BCUT2D eigenvalue weighted by Crippen LogP contribution is 2.28. The van der Waals surface area contributed by atoms with Gasteiger partial charge in [-0.2, -0.15) is 18.3 Å². The van der Waals surface area contributed by atoms with Crippen LogP contribution in [-0.4, -0.2) is 24.1 Å². The maximum atomic E-state index is 12.6. The molecular weight excluding hydrogens is 409 g/mol. The van der Waals surface area contributed by atoms with Gasteiger partial charge < -0.3 is 5.32 Å². The molecule has 29 heavy (non-hydrogen) atoms. The van der Waals surface area contributed by atoms with E-state index in [-0.39, 0.29) is 11.3 Å². The highest BCUT2D eigenvalue weighted by Gasteiger charge is 2.33. The lowest BCUT2D eigenvalue weighted by Gasteiger charge is -2.08. The average molecular weight is 424 g/mol. The minimum Gasteiger partial charge on any atom is -0.322 e. The van der Waals surface area contributed by atoms with Gasteiger partial charge in [0.15, 0.2) is 5.69 Å². The molecule has 1 heterocycles. The molecular formula is C18H15F3N4O3S. The minimum atomic E-state index is -4.54. The summed E-state index contributed by atoms with van der Waals surface area (Å²) in [5.74, 6) is -0.837. The lowest BCUT2D eigenvalue weighted by Crippen LogP contribution is -2.15. The van der Waals surface area contributed by atoms with E-state index in [9.17, 15) is 26.4 Å². The molecule has 0 fully saturated rings. The monoisotopic (exact) mass is 424 g/mol. The fraction of sp³-hybridized carbons (Fsp3) is 0.111. The Labute approximate surface area is 164 Å². The fourth-order valence-corrected chi connectivity index (χ4v) is 3.20. The van der Waals surface area contributed by atoms with Gasteiger partial charge in [-0.05, 0) is 48.0 Å². The summed E-state index contributed by atoms with van der Waals surface area (Å²) in [5.41, 5.74) is 0.390. The molecule has 3 rings (SSSR count). The first-order chi connectivity index (χ1) is 13.5. The summed E-state index contributed by atoms with van der Waals surface area (Å²) in [6, 6.07) is 12.9. The zero-order valence-corrected chi connectivity index (χ0v) is 15.5. The molecule has 0 spiro atoms. The van der Waals surface area contributed by atoms with E-state index in [1.54, 1.807) is 18.2 Å². The molecule has 0 aliphatic carbocycles. The number of carbonyl (C=O) groups is 1. The van der Waals surface area contributed by atoms with Crippen molar-refractivity contribution in [3.8, 4) is 5.69 Å². The van der Waals surface area contributed by atoms with Gasteiger partial charge in [0.1, 0.15) is 0 Å². The zero-order chi connectivity index (χ0) is 21.2. The number of amides is 1. The summed E-state index contributed by atoms with van der Waals surface area (Å²) in [5, 5.41) is 11.1. The third-order valence-corrected chi connectivity index (χ3v) is 4.56. The van der Waals surface area contributed by atoms with E-state index >= 15 is 0 Å². The fourth-order valence-electron chi connectivity index (χ4n) is 2.56. The largest absolute Gasteiger partial charge is 0.435 e. The predicted molar refractivity (Wildman–Crippen MR) is 99.8 cm³/mol. The van der Waals surface area contributed by atoms with E-state index < -0.39 is 27.8 Å². The lowest BCUT2D eigenvalue weighted by molar-refractivity contribution is -0.141. The van der Waals surface area contributed by atoms with Crippen molar-refractivity contribution in [3.63, 3.8) is 0 Å². The predicted octanol–water partition coefficient (Wildman–Crippen LogP) is 2.93. The normalized spacial score (nSPS) is 12.0. The molecule has 11 heteroatoms. The Morgan fingerprint density at radius 1 is 1.10 bits per heavy atom. The van der Waals surface area contributed by atoms with Crippen molar-refractivity contribution in [1.29, 1.82) is 0 Å². The SMILES string of the molecule is NS(=O)(=O)Cc1cccc(NC(=O)c2ccc(-n3ccc(C(F)(F)F)n3)cc2)c1. The van der Waals surface area contributed by atoms with Crippen LogP contribution in [0.5, 0.6) is 0 Å². The molecule has 7 nitrogen and oxygen atoms in total. The highest BCUT2D eigenvalue weighted by molar-refractivity contribution is 7.88. The van der Waals surface area contributed by atoms with Crippen LogP contribution in [0.4, 0.5) is 18.9 Å². The van der Waals surface area contributed by atoms with Crippen LogP contribution in [0.1, 0.15) is 21.6 Å². The van der Waals surface area contributed by atoms with Gasteiger partial charge in [-0.25, -0.2) is 18.2 Å². The average Bonchev–Trinajstić information content (AvgIpc) is 3.11. The number of benzene rings is 2.